The van der Waals surface area contributed by atoms with Crippen molar-refractivity contribution in [2.45, 2.75) is 13.3 Å². The summed E-state index contributed by atoms with van der Waals surface area (Å²) in [5, 5.41) is 11.6. The Bertz CT molecular complexity index is 553. The van der Waals surface area contributed by atoms with Crippen molar-refractivity contribution >= 4 is 16.7 Å². The number of rotatable bonds is 2. The molecule has 2 N–H and O–H groups in total. The SMILES string of the molecule is Cc1c(CC2=NCCN2)ccc2[nH]ncc12. The molecule has 0 radical (unpaired) electrons. The predicted octanol–water partition coefficient (Wildman–Crippen LogP) is 1.42. The van der Waals surface area contributed by atoms with Gasteiger partial charge in [0.05, 0.1) is 18.3 Å². The van der Waals surface area contributed by atoms with Crippen molar-refractivity contribution in [1.29, 1.82) is 0 Å². The average Bonchev–Trinajstić information content (AvgIpc) is 2.93. The summed E-state index contributed by atoms with van der Waals surface area (Å²) in [7, 11) is 0. The van der Waals surface area contributed by atoms with Crippen LogP contribution in [0.15, 0.2) is 23.3 Å². The Morgan fingerprint density at radius 1 is 1.38 bits per heavy atom. The van der Waals surface area contributed by atoms with Gasteiger partial charge in [-0.25, -0.2) is 0 Å². The molecule has 0 atom stereocenters. The number of hydrogen-bond donors (Lipinski definition) is 2. The zero-order valence-corrected chi connectivity index (χ0v) is 9.25. The van der Waals surface area contributed by atoms with E-state index in [0.29, 0.717) is 0 Å². The van der Waals surface area contributed by atoms with E-state index in [1.165, 1.54) is 16.5 Å². The molecule has 4 nitrogen and oxygen atoms in total. The van der Waals surface area contributed by atoms with Crippen LogP contribution in [0, 0.1) is 6.92 Å². The second-order valence-corrected chi connectivity index (χ2v) is 4.11. The smallest absolute Gasteiger partial charge is 0.101 e. The molecule has 0 spiro atoms. The van der Waals surface area contributed by atoms with Crippen LogP contribution < -0.4 is 5.32 Å². The lowest BCUT2D eigenvalue weighted by Gasteiger charge is -2.07. The molecule has 82 valence electrons. The maximum atomic E-state index is 4.42. The van der Waals surface area contributed by atoms with Gasteiger partial charge in [-0.05, 0) is 24.1 Å². The molecule has 0 fully saturated rings. The number of hydrogen-bond acceptors (Lipinski definition) is 3. The van der Waals surface area contributed by atoms with E-state index in [9.17, 15) is 0 Å². The lowest BCUT2D eigenvalue weighted by atomic mass is 10.0. The number of aromatic amines is 1. The van der Waals surface area contributed by atoms with Crippen molar-refractivity contribution in [3.63, 3.8) is 0 Å². The Balaban J connectivity index is 1.99. The van der Waals surface area contributed by atoms with E-state index in [4.69, 9.17) is 0 Å². The minimum atomic E-state index is 0.896. The highest BCUT2D eigenvalue weighted by molar-refractivity contribution is 5.89. The second-order valence-electron chi connectivity index (χ2n) is 4.11. The van der Waals surface area contributed by atoms with Crippen molar-refractivity contribution in [2.24, 2.45) is 4.99 Å². The Morgan fingerprint density at radius 3 is 3.12 bits per heavy atom. The highest BCUT2D eigenvalue weighted by Gasteiger charge is 2.10. The standard InChI is InChI=1S/C12H14N4/c1-8-9(6-12-13-4-5-14-12)2-3-11-10(8)7-15-16-11/h2-3,7H,4-6H2,1H3,(H,13,14)(H,15,16). The molecule has 0 bridgehead atoms. The van der Waals surface area contributed by atoms with E-state index in [-0.39, 0.29) is 0 Å². The molecule has 0 aliphatic carbocycles. The van der Waals surface area contributed by atoms with E-state index in [1.807, 2.05) is 6.20 Å². The van der Waals surface area contributed by atoms with Gasteiger partial charge in [0.15, 0.2) is 0 Å². The molecule has 1 aromatic heterocycles. The third-order valence-electron chi connectivity index (χ3n) is 3.11. The number of aliphatic imine (C=N–C) groups is 1. The van der Waals surface area contributed by atoms with Crippen molar-refractivity contribution in [2.75, 3.05) is 13.1 Å². The lowest BCUT2D eigenvalue weighted by Crippen LogP contribution is -2.20. The van der Waals surface area contributed by atoms with Crippen molar-refractivity contribution < 1.29 is 0 Å². The molecule has 2 heterocycles. The minimum absolute atomic E-state index is 0.896. The molecular weight excluding hydrogens is 200 g/mol. The third kappa shape index (κ3) is 1.46. The fraction of sp³-hybridized carbons (Fsp3) is 0.333. The highest BCUT2D eigenvalue weighted by Crippen LogP contribution is 2.20. The maximum absolute atomic E-state index is 4.42. The Hall–Kier alpha value is -1.84. The first-order valence-electron chi connectivity index (χ1n) is 5.53. The molecular formula is C12H14N4. The van der Waals surface area contributed by atoms with E-state index < -0.39 is 0 Å². The average molecular weight is 214 g/mol. The van der Waals surface area contributed by atoms with Gasteiger partial charge in [0, 0.05) is 18.4 Å². The van der Waals surface area contributed by atoms with Crippen molar-refractivity contribution in [3.8, 4) is 0 Å². The van der Waals surface area contributed by atoms with Crippen LogP contribution in [0.3, 0.4) is 0 Å². The summed E-state index contributed by atoms with van der Waals surface area (Å²) in [6.07, 6.45) is 2.78. The highest BCUT2D eigenvalue weighted by atomic mass is 15.1. The van der Waals surface area contributed by atoms with E-state index in [1.54, 1.807) is 0 Å². The summed E-state index contributed by atoms with van der Waals surface area (Å²) in [6, 6.07) is 4.23. The molecule has 0 saturated heterocycles. The van der Waals surface area contributed by atoms with E-state index >= 15 is 0 Å². The quantitative estimate of drug-likeness (QED) is 0.794. The largest absolute Gasteiger partial charge is 0.372 e. The first-order valence-corrected chi connectivity index (χ1v) is 5.53. The molecule has 3 rings (SSSR count). The summed E-state index contributed by atoms with van der Waals surface area (Å²) in [6.45, 7) is 4.02. The van der Waals surface area contributed by atoms with Crippen LogP contribution >= 0.6 is 0 Å². The lowest BCUT2D eigenvalue weighted by molar-refractivity contribution is 0.953. The van der Waals surface area contributed by atoms with Crippen LogP contribution in [-0.4, -0.2) is 29.1 Å². The molecule has 0 unspecified atom stereocenters. The summed E-state index contributed by atoms with van der Waals surface area (Å²) < 4.78 is 0. The zero-order chi connectivity index (χ0) is 11.0. The number of aromatic nitrogens is 2. The number of nitrogens with zero attached hydrogens (tertiary/aromatic N) is 2. The van der Waals surface area contributed by atoms with Crippen LogP contribution in [0.25, 0.3) is 10.9 Å². The molecule has 0 saturated carbocycles. The topological polar surface area (TPSA) is 53.1 Å². The van der Waals surface area contributed by atoms with Gasteiger partial charge < -0.3 is 5.32 Å². The van der Waals surface area contributed by atoms with E-state index in [0.717, 1.165) is 30.9 Å². The Labute approximate surface area is 93.8 Å². The van der Waals surface area contributed by atoms with Crippen LogP contribution in [0.1, 0.15) is 11.1 Å². The molecule has 0 amide bonds. The van der Waals surface area contributed by atoms with Gasteiger partial charge in [0.25, 0.3) is 0 Å². The van der Waals surface area contributed by atoms with Crippen molar-refractivity contribution in [1.82, 2.24) is 15.5 Å². The number of nitrogens with one attached hydrogen (secondary N) is 2. The van der Waals surface area contributed by atoms with Gasteiger partial charge in [0.1, 0.15) is 5.84 Å². The van der Waals surface area contributed by atoms with Crippen LogP contribution in [-0.2, 0) is 6.42 Å². The van der Waals surface area contributed by atoms with Gasteiger partial charge in [-0.2, -0.15) is 5.10 Å². The first kappa shape index (κ1) is 9.39. The number of benzene rings is 1. The monoisotopic (exact) mass is 214 g/mol. The number of aryl methyl sites for hydroxylation is 1. The number of fused-ring (bicyclic) bond motifs is 1. The predicted molar refractivity (Wildman–Crippen MR) is 64.8 cm³/mol. The van der Waals surface area contributed by atoms with Crippen molar-refractivity contribution in [3.05, 3.63) is 29.5 Å². The molecule has 2 aromatic rings. The van der Waals surface area contributed by atoms with Crippen LogP contribution in [0.2, 0.25) is 0 Å². The summed E-state index contributed by atoms with van der Waals surface area (Å²) in [4.78, 5) is 4.42. The summed E-state index contributed by atoms with van der Waals surface area (Å²) in [5.41, 5.74) is 3.72. The second kappa shape index (κ2) is 3.63. The summed E-state index contributed by atoms with van der Waals surface area (Å²) in [5.74, 6) is 1.10. The maximum Gasteiger partial charge on any atom is 0.101 e. The van der Waals surface area contributed by atoms with Gasteiger partial charge in [0.2, 0.25) is 0 Å². The van der Waals surface area contributed by atoms with Gasteiger partial charge in [-0.1, -0.05) is 6.07 Å². The van der Waals surface area contributed by atoms with Gasteiger partial charge in [-0.3, -0.25) is 10.1 Å². The normalized spacial score (nSPS) is 15.2. The third-order valence-corrected chi connectivity index (χ3v) is 3.11. The molecule has 1 aliphatic heterocycles. The minimum Gasteiger partial charge on any atom is -0.372 e. The van der Waals surface area contributed by atoms with Gasteiger partial charge >= 0.3 is 0 Å². The Morgan fingerprint density at radius 2 is 2.31 bits per heavy atom. The number of H-pyrrole nitrogens is 1. The molecule has 1 aliphatic rings. The zero-order valence-electron chi connectivity index (χ0n) is 9.25. The fourth-order valence-electron chi connectivity index (χ4n) is 2.14. The summed E-state index contributed by atoms with van der Waals surface area (Å²) >= 11 is 0. The molecule has 4 heteroatoms. The number of amidine groups is 1. The molecule has 1 aromatic carbocycles. The fourth-order valence-corrected chi connectivity index (χ4v) is 2.14. The van der Waals surface area contributed by atoms with Crippen LogP contribution in [0.4, 0.5) is 0 Å². The van der Waals surface area contributed by atoms with E-state index in [2.05, 4.69) is 39.6 Å². The molecule has 16 heavy (non-hydrogen) atoms. The van der Waals surface area contributed by atoms with Gasteiger partial charge in [-0.15, -0.1) is 0 Å². The van der Waals surface area contributed by atoms with Crippen LogP contribution in [0.5, 0.6) is 0 Å². The first-order chi connectivity index (χ1) is 7.84. The Kier molecular flexibility index (Phi) is 2.13.